The second-order valence-corrected chi connectivity index (χ2v) is 9.47. The molecule has 1 atom stereocenters. The largest absolute Gasteiger partial charge is 0.345 e. The minimum Gasteiger partial charge on any atom is -0.345 e. The van der Waals surface area contributed by atoms with E-state index in [0.717, 1.165) is 33.5 Å². The molecule has 7 heteroatoms. The Morgan fingerprint density at radius 1 is 1.06 bits per heavy atom. The zero-order valence-corrected chi connectivity index (χ0v) is 20.2. The van der Waals surface area contributed by atoms with Crippen LogP contribution in [-0.4, -0.2) is 25.7 Å². The number of pyridine rings is 1. The number of carbonyl (C=O) groups is 1. The number of nitrogens with zero attached hydrogens (tertiary/aromatic N) is 4. The van der Waals surface area contributed by atoms with Gasteiger partial charge in [0.25, 0.3) is 5.91 Å². The van der Waals surface area contributed by atoms with E-state index < -0.39 is 0 Å². The van der Waals surface area contributed by atoms with Gasteiger partial charge in [-0.1, -0.05) is 18.2 Å². The fourth-order valence-corrected chi connectivity index (χ4v) is 4.78. The van der Waals surface area contributed by atoms with Crippen LogP contribution in [0.15, 0.2) is 54.7 Å². The molecule has 1 saturated carbocycles. The number of aryl methyl sites for hydroxylation is 2. The third kappa shape index (κ3) is 3.97. The molecule has 4 aromatic rings. The van der Waals surface area contributed by atoms with Gasteiger partial charge in [-0.3, -0.25) is 9.78 Å². The predicted molar refractivity (Wildman–Crippen MR) is 137 cm³/mol. The summed E-state index contributed by atoms with van der Waals surface area (Å²) in [6.07, 6.45) is 4.51. The van der Waals surface area contributed by atoms with E-state index in [1.807, 2.05) is 42.9 Å². The molecule has 1 fully saturated rings. The van der Waals surface area contributed by atoms with Gasteiger partial charge in [0.2, 0.25) is 5.95 Å². The number of carbonyl (C=O) groups excluding carboxylic acids is 1. The molecule has 1 aliphatic carbocycles. The van der Waals surface area contributed by atoms with Crippen LogP contribution >= 0.6 is 0 Å². The summed E-state index contributed by atoms with van der Waals surface area (Å²) in [5.41, 5.74) is 8.26. The molecule has 1 aliphatic heterocycles. The summed E-state index contributed by atoms with van der Waals surface area (Å²) in [5, 5.41) is 11.1. The SMILES string of the molecule is CCn1nc(-c2ccc(-c3ccc(C4CC4)nc3)c(C)c2)nc1Nc1ccc2c(c1)C(C)NC2=O. The van der Waals surface area contributed by atoms with Gasteiger partial charge in [0.1, 0.15) is 0 Å². The molecule has 7 nitrogen and oxygen atoms in total. The lowest BCUT2D eigenvalue weighted by molar-refractivity contribution is 0.0958. The fraction of sp³-hybridized carbons (Fsp3) is 0.286. The van der Waals surface area contributed by atoms with E-state index in [0.29, 0.717) is 24.2 Å². The summed E-state index contributed by atoms with van der Waals surface area (Å²) in [5.74, 6) is 1.99. The molecule has 35 heavy (non-hydrogen) atoms. The van der Waals surface area contributed by atoms with Gasteiger partial charge in [-0.15, -0.1) is 5.10 Å². The Hall–Kier alpha value is -4.00. The highest BCUT2D eigenvalue weighted by Crippen LogP contribution is 2.39. The van der Waals surface area contributed by atoms with Crippen molar-refractivity contribution in [2.75, 3.05) is 5.32 Å². The average Bonchev–Trinajstić information content (AvgIpc) is 3.58. The van der Waals surface area contributed by atoms with Gasteiger partial charge >= 0.3 is 0 Å². The first-order valence-corrected chi connectivity index (χ1v) is 12.2. The predicted octanol–water partition coefficient (Wildman–Crippen LogP) is 5.76. The Morgan fingerprint density at radius 3 is 2.57 bits per heavy atom. The van der Waals surface area contributed by atoms with E-state index in [-0.39, 0.29) is 11.9 Å². The van der Waals surface area contributed by atoms with Crippen molar-refractivity contribution in [2.45, 2.75) is 52.1 Å². The van der Waals surface area contributed by atoms with Crippen LogP contribution in [0.1, 0.15) is 65.8 Å². The van der Waals surface area contributed by atoms with Crippen molar-refractivity contribution in [2.24, 2.45) is 0 Å². The highest BCUT2D eigenvalue weighted by Gasteiger charge is 2.26. The monoisotopic (exact) mass is 464 g/mol. The second kappa shape index (κ2) is 8.34. The average molecular weight is 465 g/mol. The highest BCUT2D eigenvalue weighted by molar-refractivity contribution is 5.99. The first-order chi connectivity index (χ1) is 17.0. The summed E-state index contributed by atoms with van der Waals surface area (Å²) in [6, 6.07) is 16.5. The summed E-state index contributed by atoms with van der Waals surface area (Å²) < 4.78 is 1.86. The lowest BCUT2D eigenvalue weighted by Crippen LogP contribution is -2.16. The van der Waals surface area contributed by atoms with Crippen LogP contribution < -0.4 is 10.6 Å². The number of aromatic nitrogens is 4. The molecule has 6 rings (SSSR count). The molecule has 2 aromatic heterocycles. The Bertz CT molecular complexity index is 1430. The van der Waals surface area contributed by atoms with E-state index >= 15 is 0 Å². The normalized spacial score (nSPS) is 16.8. The standard InChI is InChI=1S/C28H28N6O/c1-4-34-28(31-21-9-11-23-24(14-21)17(3)30-27(23)35)32-26(33-34)19-7-10-22(16(2)13-19)20-8-12-25(29-15-20)18-5-6-18/h7-15,17-18H,4-6H2,1-3H3,(H,30,35)(H,31,32,33). The van der Waals surface area contributed by atoms with Crippen molar-refractivity contribution in [3.8, 4) is 22.5 Å². The number of anilines is 2. The number of hydrogen-bond donors (Lipinski definition) is 2. The Balaban J connectivity index is 1.26. The van der Waals surface area contributed by atoms with Crippen molar-refractivity contribution < 1.29 is 4.79 Å². The van der Waals surface area contributed by atoms with Crippen LogP contribution in [0, 0.1) is 6.92 Å². The van der Waals surface area contributed by atoms with Crippen LogP contribution in [0.3, 0.4) is 0 Å². The van der Waals surface area contributed by atoms with E-state index in [9.17, 15) is 4.79 Å². The molecule has 176 valence electrons. The minimum atomic E-state index is -0.0217. The number of amides is 1. The van der Waals surface area contributed by atoms with Crippen molar-refractivity contribution >= 4 is 17.5 Å². The van der Waals surface area contributed by atoms with Crippen LogP contribution in [0.25, 0.3) is 22.5 Å². The molecule has 0 bridgehead atoms. The molecule has 1 amide bonds. The van der Waals surface area contributed by atoms with Gasteiger partial charge in [0.05, 0.1) is 6.04 Å². The lowest BCUT2D eigenvalue weighted by Gasteiger charge is -2.09. The Labute approximate surface area is 204 Å². The summed E-state index contributed by atoms with van der Waals surface area (Å²) in [6.45, 7) is 6.84. The summed E-state index contributed by atoms with van der Waals surface area (Å²) >= 11 is 0. The maximum absolute atomic E-state index is 12.0. The first kappa shape index (κ1) is 21.5. The summed E-state index contributed by atoms with van der Waals surface area (Å²) in [4.78, 5) is 21.5. The van der Waals surface area contributed by atoms with Crippen molar-refractivity contribution in [3.63, 3.8) is 0 Å². The molecule has 0 radical (unpaired) electrons. The Kier molecular flexibility index (Phi) is 5.13. The van der Waals surface area contributed by atoms with E-state index in [2.05, 4.69) is 52.9 Å². The number of hydrogen-bond acceptors (Lipinski definition) is 5. The molecule has 2 N–H and O–H groups in total. The molecular weight excluding hydrogens is 436 g/mol. The molecule has 3 heterocycles. The van der Waals surface area contributed by atoms with Crippen LogP contribution in [0.4, 0.5) is 11.6 Å². The van der Waals surface area contributed by atoms with Gasteiger partial charge in [0, 0.05) is 46.7 Å². The third-order valence-electron chi connectivity index (χ3n) is 6.92. The Morgan fingerprint density at radius 2 is 1.86 bits per heavy atom. The van der Waals surface area contributed by atoms with Gasteiger partial charge in [-0.05, 0) is 80.6 Å². The fourth-order valence-electron chi connectivity index (χ4n) is 4.78. The number of nitrogens with one attached hydrogen (secondary N) is 2. The van der Waals surface area contributed by atoms with Crippen LogP contribution in [0.2, 0.25) is 0 Å². The molecule has 2 aromatic carbocycles. The second-order valence-electron chi connectivity index (χ2n) is 9.47. The van der Waals surface area contributed by atoms with Crippen LogP contribution in [0.5, 0.6) is 0 Å². The molecule has 0 spiro atoms. The van der Waals surface area contributed by atoms with Gasteiger partial charge in [-0.25, -0.2) is 4.68 Å². The van der Waals surface area contributed by atoms with Crippen LogP contribution in [-0.2, 0) is 6.54 Å². The van der Waals surface area contributed by atoms with Gasteiger partial charge in [-0.2, -0.15) is 4.98 Å². The maximum atomic E-state index is 12.0. The van der Waals surface area contributed by atoms with Gasteiger partial charge in [0.15, 0.2) is 5.82 Å². The smallest absolute Gasteiger partial charge is 0.252 e. The quantitative estimate of drug-likeness (QED) is 0.379. The van der Waals surface area contributed by atoms with Gasteiger partial charge < -0.3 is 10.6 Å². The van der Waals surface area contributed by atoms with E-state index in [1.54, 1.807) is 0 Å². The van der Waals surface area contributed by atoms with Crippen molar-refractivity contribution in [1.82, 2.24) is 25.1 Å². The van der Waals surface area contributed by atoms with E-state index in [4.69, 9.17) is 10.1 Å². The molecule has 0 saturated heterocycles. The zero-order chi connectivity index (χ0) is 24.1. The minimum absolute atomic E-state index is 0.000422. The number of rotatable bonds is 6. The molecule has 2 aliphatic rings. The first-order valence-electron chi connectivity index (χ1n) is 12.2. The third-order valence-corrected chi connectivity index (χ3v) is 6.92. The topological polar surface area (TPSA) is 84.7 Å². The zero-order valence-electron chi connectivity index (χ0n) is 20.2. The lowest BCUT2D eigenvalue weighted by atomic mass is 9.99. The van der Waals surface area contributed by atoms with E-state index in [1.165, 1.54) is 24.1 Å². The molecular formula is C28H28N6O. The molecule has 1 unspecified atom stereocenters. The maximum Gasteiger partial charge on any atom is 0.252 e. The van der Waals surface area contributed by atoms with Crippen molar-refractivity contribution in [1.29, 1.82) is 0 Å². The number of benzene rings is 2. The van der Waals surface area contributed by atoms with Crippen molar-refractivity contribution in [3.05, 3.63) is 77.1 Å². The summed E-state index contributed by atoms with van der Waals surface area (Å²) in [7, 11) is 0. The highest BCUT2D eigenvalue weighted by atomic mass is 16.2. The number of fused-ring (bicyclic) bond motifs is 1.